The van der Waals surface area contributed by atoms with E-state index in [2.05, 4.69) is 21.0 Å². The highest BCUT2D eigenvalue weighted by atomic mass is 16.6. The van der Waals surface area contributed by atoms with Crippen molar-refractivity contribution in [3.05, 3.63) is 54.6 Å². The van der Waals surface area contributed by atoms with Crippen molar-refractivity contribution in [1.29, 1.82) is 0 Å². The molecule has 0 bridgehead atoms. The van der Waals surface area contributed by atoms with Crippen molar-refractivity contribution in [2.24, 2.45) is 0 Å². The van der Waals surface area contributed by atoms with Crippen LogP contribution in [0.1, 0.15) is 66.2 Å². The van der Waals surface area contributed by atoms with Crippen LogP contribution in [0.5, 0.6) is 5.75 Å². The molecule has 4 heterocycles. The van der Waals surface area contributed by atoms with E-state index in [4.69, 9.17) is 23.7 Å². The van der Waals surface area contributed by atoms with Crippen molar-refractivity contribution in [2.75, 3.05) is 18.6 Å². The molecule has 1 saturated heterocycles. The number of carbonyl (C=O) groups excluding carboxylic acids is 2. The number of benzene rings is 1. The molecule has 4 aromatic rings. The molecule has 44 heavy (non-hydrogen) atoms. The van der Waals surface area contributed by atoms with E-state index >= 15 is 0 Å². The molecule has 12 heteroatoms. The van der Waals surface area contributed by atoms with Gasteiger partial charge in [-0.2, -0.15) is 4.90 Å². The summed E-state index contributed by atoms with van der Waals surface area (Å²) in [5.74, 6) is 0.777. The summed E-state index contributed by atoms with van der Waals surface area (Å²) in [5, 5.41) is 1.49. The number of aromatic nitrogens is 4. The summed E-state index contributed by atoms with van der Waals surface area (Å²) >= 11 is 0. The van der Waals surface area contributed by atoms with Crippen molar-refractivity contribution in [1.82, 2.24) is 19.5 Å². The molecule has 0 saturated carbocycles. The van der Waals surface area contributed by atoms with Gasteiger partial charge < -0.3 is 28.3 Å². The molecule has 0 aliphatic carbocycles. The first-order valence-corrected chi connectivity index (χ1v) is 14.5. The van der Waals surface area contributed by atoms with Crippen LogP contribution in [-0.4, -0.2) is 62.7 Å². The fourth-order valence-electron chi connectivity index (χ4n) is 4.92. The minimum Gasteiger partial charge on any atom is -0.491 e. The van der Waals surface area contributed by atoms with Gasteiger partial charge in [0.05, 0.1) is 23.6 Å². The molecular formula is C32H39N5O7. The lowest BCUT2D eigenvalue weighted by Gasteiger charge is -2.28. The topological polar surface area (TPSA) is 127 Å². The zero-order chi connectivity index (χ0) is 31.6. The van der Waals surface area contributed by atoms with E-state index in [1.54, 1.807) is 60.9 Å². The van der Waals surface area contributed by atoms with Crippen LogP contribution in [0.25, 0.3) is 21.9 Å². The largest absolute Gasteiger partial charge is 0.491 e. The molecule has 1 fully saturated rings. The van der Waals surface area contributed by atoms with E-state index in [-0.39, 0.29) is 18.1 Å². The lowest BCUT2D eigenvalue weighted by molar-refractivity contribution is -0.0156. The number of amides is 2. The van der Waals surface area contributed by atoms with Gasteiger partial charge in [0.15, 0.2) is 5.82 Å². The molecule has 2 atom stereocenters. The number of imide groups is 1. The Morgan fingerprint density at radius 2 is 1.70 bits per heavy atom. The third-order valence-corrected chi connectivity index (χ3v) is 6.71. The Labute approximate surface area is 256 Å². The molecule has 0 spiro atoms. The number of anilines is 1. The number of carbonyl (C=O) groups is 2. The van der Waals surface area contributed by atoms with Gasteiger partial charge in [0.25, 0.3) is 0 Å². The number of fused-ring (bicyclic) bond motifs is 2. The number of methoxy groups -OCH3 is 1. The number of hydrogen-bond donors (Lipinski definition) is 0. The van der Waals surface area contributed by atoms with Crippen molar-refractivity contribution >= 4 is 39.9 Å². The Morgan fingerprint density at radius 3 is 2.39 bits per heavy atom. The van der Waals surface area contributed by atoms with Gasteiger partial charge in [0.2, 0.25) is 0 Å². The fraction of sp³-hybridized carbons (Fsp3) is 0.469. The average molecular weight is 606 g/mol. The van der Waals surface area contributed by atoms with Gasteiger partial charge in [0, 0.05) is 31.0 Å². The second-order valence-corrected chi connectivity index (χ2v) is 12.7. The third-order valence-electron chi connectivity index (χ3n) is 6.71. The molecule has 1 aromatic carbocycles. The van der Waals surface area contributed by atoms with Crippen molar-refractivity contribution in [3.63, 3.8) is 0 Å². The van der Waals surface area contributed by atoms with Crippen LogP contribution in [0.4, 0.5) is 15.4 Å². The molecule has 0 radical (unpaired) electrons. The normalized spacial score (nSPS) is 17.2. The van der Waals surface area contributed by atoms with Crippen LogP contribution in [0.2, 0.25) is 0 Å². The molecule has 0 N–H and O–H groups in total. The molecule has 12 nitrogen and oxygen atoms in total. The maximum Gasteiger partial charge on any atom is 0.425 e. The van der Waals surface area contributed by atoms with Gasteiger partial charge in [-0.15, -0.1) is 0 Å². The number of rotatable bonds is 7. The monoisotopic (exact) mass is 605 g/mol. The first-order chi connectivity index (χ1) is 20.8. The van der Waals surface area contributed by atoms with Crippen LogP contribution in [0, 0.1) is 0 Å². The Hall–Kier alpha value is -4.29. The summed E-state index contributed by atoms with van der Waals surface area (Å²) in [5.41, 5.74) is 0.666. The summed E-state index contributed by atoms with van der Waals surface area (Å²) in [7, 11) is 1.66. The van der Waals surface area contributed by atoms with Crippen LogP contribution in [0.15, 0.2) is 49.1 Å². The van der Waals surface area contributed by atoms with Gasteiger partial charge in [-0.25, -0.2) is 19.6 Å². The predicted octanol–water partition coefficient (Wildman–Crippen LogP) is 6.56. The van der Waals surface area contributed by atoms with Crippen molar-refractivity contribution in [3.8, 4) is 5.75 Å². The SMILES string of the molecule is COCc1cnc2cc(OCC3CCC(n4ccc5c(N(C(=O)OC(C)(C)C)C(=O)OC(C)(C)C)ncnc54)O3)ccc2c1. The summed E-state index contributed by atoms with van der Waals surface area (Å²) < 4.78 is 30.6. The van der Waals surface area contributed by atoms with Gasteiger partial charge in [-0.3, -0.25) is 4.98 Å². The predicted molar refractivity (Wildman–Crippen MR) is 164 cm³/mol. The Bertz CT molecular complexity index is 1630. The van der Waals surface area contributed by atoms with Crippen molar-refractivity contribution < 1.29 is 33.3 Å². The minimum absolute atomic E-state index is 0.0642. The first-order valence-electron chi connectivity index (χ1n) is 14.5. The van der Waals surface area contributed by atoms with Crippen molar-refractivity contribution in [2.45, 2.75) is 84.5 Å². The molecule has 2 amide bonds. The highest BCUT2D eigenvalue weighted by Gasteiger charge is 2.36. The van der Waals surface area contributed by atoms with Gasteiger partial charge >= 0.3 is 12.2 Å². The minimum atomic E-state index is -0.895. The van der Waals surface area contributed by atoms with Crippen LogP contribution in [-0.2, 0) is 25.6 Å². The van der Waals surface area contributed by atoms with E-state index < -0.39 is 23.4 Å². The quantitative estimate of drug-likeness (QED) is 0.228. The second kappa shape index (κ2) is 12.4. The highest BCUT2D eigenvalue weighted by Crippen LogP contribution is 2.34. The highest BCUT2D eigenvalue weighted by molar-refractivity contribution is 6.13. The first kappa shape index (κ1) is 31.1. The lowest BCUT2D eigenvalue weighted by atomic mass is 10.1. The van der Waals surface area contributed by atoms with E-state index in [1.165, 1.54) is 6.33 Å². The summed E-state index contributed by atoms with van der Waals surface area (Å²) in [6.45, 7) is 11.2. The van der Waals surface area contributed by atoms with E-state index in [9.17, 15) is 9.59 Å². The Morgan fingerprint density at radius 1 is 0.977 bits per heavy atom. The van der Waals surface area contributed by atoms with Gasteiger partial charge in [0.1, 0.15) is 41.8 Å². The number of hydrogen-bond acceptors (Lipinski definition) is 10. The molecule has 2 unspecified atom stereocenters. The van der Waals surface area contributed by atoms with Gasteiger partial charge in [-0.05, 0) is 84.2 Å². The van der Waals surface area contributed by atoms with Gasteiger partial charge in [-0.1, -0.05) is 0 Å². The molecule has 5 rings (SSSR count). The number of nitrogens with zero attached hydrogens (tertiary/aromatic N) is 5. The fourth-order valence-corrected chi connectivity index (χ4v) is 4.92. The average Bonchev–Trinajstić information content (AvgIpc) is 3.57. The maximum absolute atomic E-state index is 13.2. The smallest absolute Gasteiger partial charge is 0.425 e. The van der Waals surface area contributed by atoms with E-state index in [0.717, 1.165) is 34.2 Å². The zero-order valence-corrected chi connectivity index (χ0v) is 26.2. The summed E-state index contributed by atoms with van der Waals surface area (Å²) in [6.07, 6.45) is 4.16. The standard InChI is InChI=1S/C32H39N5O7/c1-31(2,3)43-29(38)37(30(39)44-32(4,5)6)28-24-12-13-36(27(24)34-19-35-28)26-11-10-23(42-26)18-41-22-9-8-21-14-20(17-40-7)16-33-25(21)15-22/h8-9,12-16,19,23,26H,10-11,17-18H2,1-7H3. The molecule has 3 aromatic heterocycles. The van der Waals surface area contributed by atoms with Crippen LogP contribution >= 0.6 is 0 Å². The lowest BCUT2D eigenvalue weighted by Crippen LogP contribution is -2.44. The van der Waals surface area contributed by atoms with E-state index in [0.29, 0.717) is 30.0 Å². The molecule has 1 aliphatic heterocycles. The molecule has 234 valence electrons. The Balaban J connectivity index is 1.31. The maximum atomic E-state index is 13.2. The third kappa shape index (κ3) is 7.25. The summed E-state index contributed by atoms with van der Waals surface area (Å²) in [4.78, 5) is 40.5. The van der Waals surface area contributed by atoms with Crippen LogP contribution in [0.3, 0.4) is 0 Å². The number of pyridine rings is 1. The molecular weight excluding hydrogens is 566 g/mol. The summed E-state index contributed by atoms with van der Waals surface area (Å²) in [6, 6.07) is 9.62. The zero-order valence-electron chi connectivity index (χ0n) is 26.2. The molecule has 1 aliphatic rings. The second-order valence-electron chi connectivity index (χ2n) is 12.7. The van der Waals surface area contributed by atoms with Crippen LogP contribution < -0.4 is 9.64 Å². The van der Waals surface area contributed by atoms with E-state index in [1.807, 2.05) is 29.0 Å². The Kier molecular flexibility index (Phi) is 8.76. The number of ether oxygens (including phenoxy) is 5.